The van der Waals surface area contributed by atoms with E-state index in [1.165, 1.54) is 0 Å². The van der Waals surface area contributed by atoms with Gasteiger partial charge in [0, 0.05) is 21.9 Å². The quantitative estimate of drug-likeness (QED) is 0.674. The lowest BCUT2D eigenvalue weighted by Gasteiger charge is -2.17. The van der Waals surface area contributed by atoms with E-state index in [-0.39, 0.29) is 5.25 Å². The largest absolute Gasteiger partial charge is 0.497 e. The number of aromatic nitrogens is 1. The number of hydrogen-bond donors (Lipinski definition) is 0. The molecule has 0 unspecified atom stereocenters. The summed E-state index contributed by atoms with van der Waals surface area (Å²) in [5, 5.41) is -0.163. The first-order chi connectivity index (χ1) is 11.3. The van der Waals surface area contributed by atoms with Crippen LogP contribution in [0.25, 0.3) is 0 Å². The molecule has 0 N–H and O–H groups in total. The molecule has 0 saturated heterocycles. The molecule has 3 nitrogen and oxygen atoms in total. The van der Waals surface area contributed by atoms with Gasteiger partial charge in [-0.3, -0.25) is 9.19 Å². The fourth-order valence-electron chi connectivity index (χ4n) is 2.44. The van der Waals surface area contributed by atoms with E-state index in [9.17, 15) is 4.21 Å². The molecule has 0 spiro atoms. The van der Waals surface area contributed by atoms with Crippen molar-refractivity contribution in [3.05, 3.63) is 82.3 Å². The second-order valence-electron chi connectivity index (χ2n) is 5.06. The van der Waals surface area contributed by atoms with Gasteiger partial charge in [0.1, 0.15) is 5.75 Å². The van der Waals surface area contributed by atoms with Crippen molar-refractivity contribution in [2.45, 2.75) is 11.0 Å². The maximum absolute atomic E-state index is 13.0. The highest BCUT2D eigenvalue weighted by atomic mass is 32.2. The monoisotopic (exact) mass is 343 g/mol. The number of rotatable bonds is 6. The summed E-state index contributed by atoms with van der Waals surface area (Å²) in [5.41, 5.74) is 3.86. The van der Waals surface area contributed by atoms with Gasteiger partial charge in [0.05, 0.1) is 23.6 Å². The van der Waals surface area contributed by atoms with Crippen LogP contribution in [0.3, 0.4) is 0 Å². The highest BCUT2D eigenvalue weighted by molar-refractivity contribution is 7.84. The van der Waals surface area contributed by atoms with E-state index >= 15 is 0 Å². The number of nitrogens with zero attached hydrogens (tertiary/aromatic N) is 1. The summed E-state index contributed by atoms with van der Waals surface area (Å²) in [4.78, 5) is 5.11. The first-order valence-corrected chi connectivity index (χ1v) is 9.47. The van der Waals surface area contributed by atoms with E-state index in [4.69, 9.17) is 4.74 Å². The van der Waals surface area contributed by atoms with Crippen LogP contribution in [-0.4, -0.2) is 16.3 Å². The molecule has 0 aliphatic heterocycles. The zero-order valence-corrected chi connectivity index (χ0v) is 14.3. The Morgan fingerprint density at radius 1 is 1.09 bits per heavy atom. The molecule has 5 heteroatoms. The predicted octanol–water partition coefficient (Wildman–Crippen LogP) is 4.19. The van der Waals surface area contributed by atoms with E-state index in [1.54, 1.807) is 30.2 Å². The maximum atomic E-state index is 13.0. The Balaban J connectivity index is 1.94. The lowest BCUT2D eigenvalue weighted by atomic mass is 10.0. The third-order valence-corrected chi connectivity index (χ3v) is 6.18. The molecular weight excluding hydrogens is 326 g/mol. The van der Waals surface area contributed by atoms with Crippen LogP contribution in [0.2, 0.25) is 0 Å². The Kier molecular flexibility index (Phi) is 5.20. The van der Waals surface area contributed by atoms with Crippen molar-refractivity contribution in [3.8, 4) is 5.75 Å². The van der Waals surface area contributed by atoms with Crippen molar-refractivity contribution in [2.75, 3.05) is 7.11 Å². The van der Waals surface area contributed by atoms with Gasteiger partial charge in [0.2, 0.25) is 0 Å². The summed E-state index contributed by atoms with van der Waals surface area (Å²) < 4.78 is 18.2. The first kappa shape index (κ1) is 15.9. The molecule has 1 aromatic heterocycles. The Morgan fingerprint density at radius 3 is 2.39 bits per heavy atom. The average Bonchev–Trinajstić information content (AvgIpc) is 3.10. The second-order valence-corrected chi connectivity index (χ2v) is 7.55. The lowest BCUT2D eigenvalue weighted by Crippen LogP contribution is -2.10. The summed E-state index contributed by atoms with van der Waals surface area (Å²) in [6.45, 7) is 0. The van der Waals surface area contributed by atoms with Gasteiger partial charge in [0.25, 0.3) is 0 Å². The Morgan fingerprint density at radius 2 is 1.78 bits per heavy atom. The van der Waals surface area contributed by atoms with E-state index in [2.05, 4.69) is 4.98 Å². The maximum Gasteiger partial charge on any atom is 0.118 e. The van der Waals surface area contributed by atoms with Crippen LogP contribution in [0, 0.1) is 0 Å². The van der Waals surface area contributed by atoms with Crippen molar-refractivity contribution >= 4 is 22.1 Å². The molecule has 23 heavy (non-hydrogen) atoms. The van der Waals surface area contributed by atoms with Crippen molar-refractivity contribution in [1.82, 2.24) is 4.98 Å². The van der Waals surface area contributed by atoms with Crippen molar-refractivity contribution < 1.29 is 8.95 Å². The highest BCUT2D eigenvalue weighted by Gasteiger charge is 2.22. The van der Waals surface area contributed by atoms with Crippen LogP contribution in [0.1, 0.15) is 21.3 Å². The van der Waals surface area contributed by atoms with Gasteiger partial charge >= 0.3 is 0 Å². The number of thiazole rings is 1. The molecule has 3 aromatic rings. The second kappa shape index (κ2) is 7.53. The Hall–Kier alpha value is -1.98. The fourth-order valence-corrected chi connectivity index (χ4v) is 4.88. The van der Waals surface area contributed by atoms with E-state index in [1.807, 2.05) is 54.6 Å². The lowest BCUT2D eigenvalue weighted by molar-refractivity contribution is 0.414. The Labute approximate surface area is 142 Å². The summed E-state index contributed by atoms with van der Waals surface area (Å²) in [6.07, 6.45) is 1.79. The molecular formula is C18H17NO2S2. The van der Waals surface area contributed by atoms with Gasteiger partial charge in [-0.1, -0.05) is 42.5 Å². The van der Waals surface area contributed by atoms with Crippen LogP contribution in [-0.2, 0) is 16.6 Å². The summed E-state index contributed by atoms with van der Waals surface area (Å²) >= 11 is 1.54. The molecule has 0 amide bonds. The summed E-state index contributed by atoms with van der Waals surface area (Å²) in [7, 11) is 0.576. The van der Waals surface area contributed by atoms with Crippen LogP contribution < -0.4 is 4.74 Å². The molecule has 0 fully saturated rings. The van der Waals surface area contributed by atoms with Crippen molar-refractivity contribution in [2.24, 2.45) is 0 Å². The first-order valence-electron chi connectivity index (χ1n) is 7.21. The van der Waals surface area contributed by atoms with Gasteiger partial charge in [0.15, 0.2) is 0 Å². The van der Waals surface area contributed by atoms with Crippen molar-refractivity contribution in [1.29, 1.82) is 0 Å². The van der Waals surface area contributed by atoms with E-state index in [0.29, 0.717) is 5.75 Å². The minimum Gasteiger partial charge on any atom is -0.497 e. The highest BCUT2D eigenvalue weighted by Crippen LogP contribution is 2.31. The zero-order chi connectivity index (χ0) is 16.1. The molecule has 2 atom stereocenters. The average molecular weight is 343 g/mol. The van der Waals surface area contributed by atoms with Gasteiger partial charge in [-0.05, 0) is 23.3 Å². The third kappa shape index (κ3) is 3.86. The standard InChI is InChI=1S/C18H17NO2S2/c1-21-16-9-7-15(8-10-16)18(14-5-3-2-4-6-14)23(20)12-17-11-19-13-22-17/h2-11,13,18H,12H2,1H3/t18-,23-/m0/s1. The van der Waals surface area contributed by atoms with Crippen LogP contribution in [0.5, 0.6) is 5.75 Å². The topological polar surface area (TPSA) is 39.2 Å². The summed E-state index contributed by atoms with van der Waals surface area (Å²) in [5.74, 6) is 1.31. The minimum absolute atomic E-state index is 0.163. The van der Waals surface area contributed by atoms with Crippen LogP contribution in [0.15, 0.2) is 66.3 Å². The third-order valence-electron chi connectivity index (χ3n) is 3.55. The normalized spacial score (nSPS) is 13.4. The SMILES string of the molecule is COc1ccc([C@H](c2ccccc2)[S@@](=O)Cc2cncs2)cc1. The smallest absolute Gasteiger partial charge is 0.118 e. The van der Waals surface area contributed by atoms with Crippen molar-refractivity contribution in [3.63, 3.8) is 0 Å². The molecule has 0 radical (unpaired) electrons. The molecule has 0 aliphatic carbocycles. The van der Waals surface area contributed by atoms with Gasteiger partial charge in [-0.25, -0.2) is 0 Å². The number of benzene rings is 2. The number of methoxy groups -OCH3 is 1. The molecule has 118 valence electrons. The molecule has 1 heterocycles. The zero-order valence-electron chi connectivity index (χ0n) is 12.7. The minimum atomic E-state index is -1.07. The van der Waals surface area contributed by atoms with E-state index < -0.39 is 10.8 Å². The molecule has 3 rings (SSSR count). The summed E-state index contributed by atoms with van der Waals surface area (Å²) in [6, 6.07) is 17.8. The fraction of sp³-hybridized carbons (Fsp3) is 0.167. The Bertz CT molecular complexity index is 755. The number of hydrogen-bond acceptors (Lipinski definition) is 4. The number of ether oxygens (including phenoxy) is 1. The van der Waals surface area contributed by atoms with Crippen LogP contribution >= 0.6 is 11.3 Å². The molecule has 0 aliphatic rings. The molecule has 0 saturated carbocycles. The van der Waals surface area contributed by atoms with Gasteiger partial charge in [-0.15, -0.1) is 11.3 Å². The molecule has 2 aromatic carbocycles. The molecule has 0 bridgehead atoms. The van der Waals surface area contributed by atoms with Crippen LogP contribution in [0.4, 0.5) is 0 Å². The van der Waals surface area contributed by atoms with Gasteiger partial charge in [-0.2, -0.15) is 0 Å². The van der Waals surface area contributed by atoms with E-state index in [0.717, 1.165) is 21.8 Å². The predicted molar refractivity (Wildman–Crippen MR) is 95.2 cm³/mol. The van der Waals surface area contributed by atoms with Gasteiger partial charge < -0.3 is 4.74 Å².